The maximum absolute atomic E-state index is 13.5. The number of aromatic nitrogens is 1. The van der Waals surface area contributed by atoms with E-state index in [2.05, 4.69) is 16.4 Å². The van der Waals surface area contributed by atoms with Gasteiger partial charge in [-0.15, -0.1) is 0 Å². The lowest BCUT2D eigenvalue weighted by Gasteiger charge is -2.27. The second kappa shape index (κ2) is 8.72. The first-order valence-electron chi connectivity index (χ1n) is 8.73. The maximum Gasteiger partial charge on any atom is 0.357 e. The van der Waals surface area contributed by atoms with Crippen LogP contribution in [0.1, 0.15) is 30.8 Å². The Balaban J connectivity index is 2.03. The minimum absolute atomic E-state index is 0.273. The van der Waals surface area contributed by atoms with Gasteiger partial charge in [0.05, 0.1) is 23.4 Å². The Morgan fingerprint density at radius 1 is 1.19 bits per heavy atom. The van der Waals surface area contributed by atoms with Crippen molar-refractivity contribution in [3.8, 4) is 0 Å². The zero-order valence-corrected chi connectivity index (χ0v) is 17.9. The van der Waals surface area contributed by atoms with Gasteiger partial charge in [0, 0.05) is 5.02 Å². The van der Waals surface area contributed by atoms with Crippen LogP contribution in [0.15, 0.2) is 42.5 Å². The molecule has 1 aromatic heterocycles. The maximum atomic E-state index is 13.5. The van der Waals surface area contributed by atoms with E-state index in [0.717, 1.165) is 15.8 Å². The van der Waals surface area contributed by atoms with Gasteiger partial charge >= 0.3 is 7.60 Å². The number of hydrogen-bond donors (Lipinski definition) is 1. The van der Waals surface area contributed by atoms with Crippen LogP contribution in [0, 0.1) is 6.92 Å². The summed E-state index contributed by atoms with van der Waals surface area (Å²) < 4.78 is 25.8. The van der Waals surface area contributed by atoms with Gasteiger partial charge in [0.25, 0.3) is 0 Å². The topological polar surface area (TPSA) is 60.5 Å². The van der Waals surface area contributed by atoms with E-state index in [1.807, 2.05) is 31.2 Å². The molecule has 0 radical (unpaired) electrons. The molecule has 0 fully saturated rings. The normalized spacial score (nSPS) is 13.0. The summed E-state index contributed by atoms with van der Waals surface area (Å²) in [5.41, 5.74) is 2.78. The van der Waals surface area contributed by atoms with Crippen LogP contribution < -0.4 is 5.32 Å². The highest BCUT2D eigenvalue weighted by molar-refractivity contribution is 7.54. The van der Waals surface area contributed by atoms with Crippen LogP contribution >= 0.6 is 30.5 Å². The monoisotopic (exact) mass is 424 g/mol. The molecule has 0 bridgehead atoms. The number of nitrogens with zero attached hydrogens (tertiary/aromatic N) is 1. The van der Waals surface area contributed by atoms with Gasteiger partial charge in [0.15, 0.2) is 10.9 Å². The van der Waals surface area contributed by atoms with E-state index in [0.29, 0.717) is 10.2 Å². The molecule has 1 atom stereocenters. The molecular formula is C19H22ClN2O3PS. The number of nitrogens with one attached hydrogen (secondary N) is 1. The summed E-state index contributed by atoms with van der Waals surface area (Å²) in [5, 5.41) is 4.48. The number of halogens is 1. The van der Waals surface area contributed by atoms with Crippen LogP contribution in [0.4, 0.5) is 5.13 Å². The Morgan fingerprint density at radius 3 is 2.59 bits per heavy atom. The Hall–Kier alpha value is -1.43. The predicted octanol–water partition coefficient (Wildman–Crippen LogP) is 6.63. The molecule has 3 aromatic rings. The van der Waals surface area contributed by atoms with Crippen LogP contribution in [-0.4, -0.2) is 18.2 Å². The molecule has 144 valence electrons. The van der Waals surface area contributed by atoms with Crippen molar-refractivity contribution >= 4 is 45.9 Å². The average molecular weight is 425 g/mol. The summed E-state index contributed by atoms with van der Waals surface area (Å²) in [6, 6.07) is 13.3. The summed E-state index contributed by atoms with van der Waals surface area (Å²) in [7, 11) is -3.49. The SMILES string of the molecule is CCOP(=O)(OCC)C(Nc1nc2ccc(C)cc2s1)c1cccc(Cl)c1. The zero-order chi connectivity index (χ0) is 19.4. The number of benzene rings is 2. The minimum Gasteiger partial charge on any atom is -0.344 e. The van der Waals surface area contributed by atoms with Crippen molar-refractivity contribution < 1.29 is 13.6 Å². The van der Waals surface area contributed by atoms with E-state index in [-0.39, 0.29) is 13.2 Å². The molecule has 0 saturated carbocycles. The highest BCUT2D eigenvalue weighted by Crippen LogP contribution is 2.61. The van der Waals surface area contributed by atoms with E-state index < -0.39 is 13.4 Å². The van der Waals surface area contributed by atoms with E-state index in [1.165, 1.54) is 16.9 Å². The van der Waals surface area contributed by atoms with Crippen molar-refractivity contribution in [2.75, 3.05) is 18.5 Å². The molecule has 27 heavy (non-hydrogen) atoms. The van der Waals surface area contributed by atoms with Crippen molar-refractivity contribution in [2.45, 2.75) is 26.6 Å². The molecule has 0 amide bonds. The van der Waals surface area contributed by atoms with Crippen molar-refractivity contribution in [3.05, 3.63) is 58.6 Å². The molecular weight excluding hydrogens is 403 g/mol. The molecule has 0 spiro atoms. The largest absolute Gasteiger partial charge is 0.357 e. The molecule has 2 aromatic carbocycles. The summed E-state index contributed by atoms with van der Waals surface area (Å²) in [5.74, 6) is -0.710. The summed E-state index contributed by atoms with van der Waals surface area (Å²) in [6.45, 7) is 6.17. The van der Waals surface area contributed by atoms with Crippen LogP contribution in [-0.2, 0) is 13.6 Å². The average Bonchev–Trinajstić information content (AvgIpc) is 3.01. The lowest BCUT2D eigenvalue weighted by atomic mass is 10.2. The molecule has 0 aliphatic heterocycles. The molecule has 1 unspecified atom stereocenters. The fourth-order valence-electron chi connectivity index (χ4n) is 2.78. The fraction of sp³-hybridized carbons (Fsp3) is 0.316. The molecule has 0 saturated heterocycles. The smallest absolute Gasteiger partial charge is 0.344 e. The van der Waals surface area contributed by atoms with Gasteiger partial charge in [-0.05, 0) is 56.2 Å². The number of rotatable bonds is 8. The first-order valence-corrected chi connectivity index (χ1v) is 11.5. The third-order valence-corrected chi connectivity index (χ3v) is 7.38. The van der Waals surface area contributed by atoms with Gasteiger partial charge in [-0.2, -0.15) is 0 Å². The predicted molar refractivity (Wildman–Crippen MR) is 113 cm³/mol. The van der Waals surface area contributed by atoms with Gasteiger partial charge in [-0.1, -0.05) is 41.1 Å². The lowest BCUT2D eigenvalue weighted by Crippen LogP contribution is -2.15. The van der Waals surface area contributed by atoms with Crippen LogP contribution in [0.25, 0.3) is 10.2 Å². The third-order valence-electron chi connectivity index (χ3n) is 3.90. The third kappa shape index (κ3) is 4.71. The van der Waals surface area contributed by atoms with Crippen molar-refractivity contribution in [1.82, 2.24) is 4.98 Å². The molecule has 0 aliphatic carbocycles. The molecule has 8 heteroatoms. The fourth-order valence-corrected chi connectivity index (χ4v) is 5.96. The standard InChI is InChI=1S/C19H22ClN2O3PS/c1-4-24-26(23,25-5-2)18(14-7-6-8-15(20)12-14)22-19-21-16-10-9-13(3)11-17(16)27-19/h6-12,18H,4-5H2,1-3H3,(H,21,22). The molecule has 1 heterocycles. The number of fused-ring (bicyclic) bond motifs is 1. The summed E-state index contributed by atoms with van der Waals surface area (Å²) >= 11 is 7.67. The van der Waals surface area contributed by atoms with E-state index in [9.17, 15) is 4.57 Å². The first kappa shape index (κ1) is 20.3. The number of thiazole rings is 1. The van der Waals surface area contributed by atoms with Gasteiger partial charge in [0.1, 0.15) is 0 Å². The van der Waals surface area contributed by atoms with Crippen LogP contribution in [0.5, 0.6) is 0 Å². The van der Waals surface area contributed by atoms with E-state index >= 15 is 0 Å². The van der Waals surface area contributed by atoms with Gasteiger partial charge in [0.2, 0.25) is 0 Å². The Bertz CT molecular complexity index is 968. The Labute approximate surface area is 168 Å². The highest BCUT2D eigenvalue weighted by atomic mass is 35.5. The van der Waals surface area contributed by atoms with Gasteiger partial charge in [-0.25, -0.2) is 4.98 Å². The Morgan fingerprint density at radius 2 is 1.93 bits per heavy atom. The molecule has 1 N–H and O–H groups in total. The summed E-state index contributed by atoms with van der Waals surface area (Å²) in [6.07, 6.45) is 0. The number of hydrogen-bond acceptors (Lipinski definition) is 6. The Kier molecular flexibility index (Phi) is 6.56. The first-order chi connectivity index (χ1) is 12.9. The number of aryl methyl sites for hydroxylation is 1. The molecule has 3 rings (SSSR count). The minimum atomic E-state index is -3.49. The van der Waals surface area contributed by atoms with Gasteiger partial charge in [-0.3, -0.25) is 4.57 Å². The van der Waals surface area contributed by atoms with E-state index in [1.54, 1.807) is 26.0 Å². The van der Waals surface area contributed by atoms with Crippen molar-refractivity contribution in [1.29, 1.82) is 0 Å². The van der Waals surface area contributed by atoms with Crippen molar-refractivity contribution in [2.24, 2.45) is 0 Å². The second-order valence-electron chi connectivity index (χ2n) is 5.97. The van der Waals surface area contributed by atoms with Gasteiger partial charge < -0.3 is 14.4 Å². The number of anilines is 1. The highest BCUT2D eigenvalue weighted by Gasteiger charge is 2.37. The van der Waals surface area contributed by atoms with Crippen LogP contribution in [0.2, 0.25) is 5.02 Å². The quantitative estimate of drug-likeness (QED) is 0.411. The molecule has 0 aliphatic rings. The lowest BCUT2D eigenvalue weighted by molar-refractivity contribution is 0.214. The van der Waals surface area contributed by atoms with Crippen molar-refractivity contribution in [3.63, 3.8) is 0 Å². The summed E-state index contributed by atoms with van der Waals surface area (Å²) in [4.78, 5) is 4.62. The van der Waals surface area contributed by atoms with Crippen LogP contribution in [0.3, 0.4) is 0 Å². The molecule has 5 nitrogen and oxygen atoms in total. The zero-order valence-electron chi connectivity index (χ0n) is 15.4. The second-order valence-corrected chi connectivity index (χ2v) is 9.55. The van der Waals surface area contributed by atoms with E-state index in [4.69, 9.17) is 20.6 Å².